The van der Waals surface area contributed by atoms with Crippen molar-refractivity contribution in [2.75, 3.05) is 16.8 Å². The molecule has 1 aliphatic heterocycles. The minimum absolute atomic E-state index is 0.175. The maximum absolute atomic E-state index is 12.3. The van der Waals surface area contributed by atoms with Gasteiger partial charge in [-0.1, -0.05) is 18.2 Å². The van der Waals surface area contributed by atoms with Crippen molar-refractivity contribution in [3.8, 4) is 0 Å². The molecule has 98 valence electrons. The second-order valence-electron chi connectivity index (χ2n) is 4.50. The van der Waals surface area contributed by atoms with E-state index in [0.717, 1.165) is 31.5 Å². The van der Waals surface area contributed by atoms with Crippen LogP contribution in [-0.4, -0.2) is 27.8 Å². The van der Waals surface area contributed by atoms with Gasteiger partial charge in [0, 0.05) is 12.2 Å². The monoisotopic (exact) mass is 257 g/mol. The van der Waals surface area contributed by atoms with Gasteiger partial charge in [-0.15, -0.1) is 0 Å². The summed E-state index contributed by atoms with van der Waals surface area (Å²) in [6, 6.07) is 7.86. The maximum atomic E-state index is 12.3. The summed E-state index contributed by atoms with van der Waals surface area (Å²) in [6.07, 6.45) is 4.48. The van der Waals surface area contributed by atoms with E-state index in [1.54, 1.807) is 4.90 Å². The van der Waals surface area contributed by atoms with Gasteiger partial charge in [0.1, 0.15) is 6.33 Å². The third-order valence-electron chi connectivity index (χ3n) is 3.25. The van der Waals surface area contributed by atoms with Crippen molar-refractivity contribution >= 4 is 17.7 Å². The summed E-state index contributed by atoms with van der Waals surface area (Å²) in [4.78, 5) is 18.0. The number of anilines is 2. The lowest BCUT2D eigenvalue weighted by molar-refractivity contribution is 0.256. The second-order valence-corrected chi connectivity index (χ2v) is 4.50. The molecule has 0 unspecified atom stereocenters. The van der Waals surface area contributed by atoms with E-state index >= 15 is 0 Å². The smallest absolute Gasteiger partial charge is 0.294 e. The van der Waals surface area contributed by atoms with Crippen molar-refractivity contribution < 1.29 is 4.79 Å². The third-order valence-corrected chi connectivity index (χ3v) is 3.25. The molecule has 3 rings (SSSR count). The fourth-order valence-electron chi connectivity index (χ4n) is 2.34. The molecule has 19 heavy (non-hydrogen) atoms. The fourth-order valence-corrected chi connectivity index (χ4v) is 2.34. The average molecular weight is 257 g/mol. The summed E-state index contributed by atoms with van der Waals surface area (Å²) in [5, 5.41) is 9.06. The van der Waals surface area contributed by atoms with E-state index < -0.39 is 0 Å². The van der Waals surface area contributed by atoms with Crippen LogP contribution in [0.4, 0.5) is 16.4 Å². The van der Waals surface area contributed by atoms with Crippen LogP contribution in [-0.2, 0) is 6.42 Å². The summed E-state index contributed by atoms with van der Waals surface area (Å²) >= 11 is 0. The van der Waals surface area contributed by atoms with E-state index in [2.05, 4.69) is 26.6 Å². The summed E-state index contributed by atoms with van der Waals surface area (Å²) in [7, 11) is 0. The number of benzene rings is 1. The number of rotatable bonds is 1. The van der Waals surface area contributed by atoms with Crippen LogP contribution in [0.15, 0.2) is 30.6 Å². The van der Waals surface area contributed by atoms with Crippen LogP contribution >= 0.6 is 0 Å². The molecule has 0 spiro atoms. The molecule has 0 atom stereocenters. The van der Waals surface area contributed by atoms with Gasteiger partial charge in [-0.05, 0) is 30.9 Å². The normalized spacial score (nSPS) is 14.6. The molecule has 2 heterocycles. The highest BCUT2D eigenvalue weighted by Crippen LogP contribution is 2.26. The predicted octanol–water partition coefficient (Wildman–Crippen LogP) is 2.18. The van der Waals surface area contributed by atoms with Crippen molar-refractivity contribution in [3.63, 3.8) is 0 Å². The highest BCUT2D eigenvalue weighted by atomic mass is 16.2. The molecular formula is C13H15N5O. The summed E-state index contributed by atoms with van der Waals surface area (Å²) in [6.45, 7) is 0.719. The number of amides is 2. The van der Waals surface area contributed by atoms with Crippen LogP contribution in [0.25, 0.3) is 0 Å². The molecule has 0 saturated carbocycles. The number of aromatic nitrogens is 3. The predicted molar refractivity (Wildman–Crippen MR) is 72.1 cm³/mol. The van der Waals surface area contributed by atoms with Crippen molar-refractivity contribution in [1.82, 2.24) is 15.2 Å². The molecule has 0 fully saturated rings. The van der Waals surface area contributed by atoms with Crippen LogP contribution in [0.1, 0.15) is 18.4 Å². The third kappa shape index (κ3) is 2.42. The van der Waals surface area contributed by atoms with Gasteiger partial charge >= 0.3 is 6.03 Å². The Morgan fingerprint density at radius 2 is 2.21 bits per heavy atom. The summed E-state index contributed by atoms with van der Waals surface area (Å²) in [5.41, 5.74) is 2.20. The number of H-pyrrole nitrogens is 1. The molecule has 1 aromatic carbocycles. The van der Waals surface area contributed by atoms with Gasteiger partial charge in [0.2, 0.25) is 5.95 Å². The van der Waals surface area contributed by atoms with Crippen LogP contribution in [0, 0.1) is 0 Å². The van der Waals surface area contributed by atoms with Crippen molar-refractivity contribution in [2.45, 2.75) is 19.3 Å². The van der Waals surface area contributed by atoms with Crippen LogP contribution < -0.4 is 10.2 Å². The second kappa shape index (κ2) is 5.09. The zero-order valence-corrected chi connectivity index (χ0v) is 10.5. The van der Waals surface area contributed by atoms with Crippen LogP contribution in [0.2, 0.25) is 0 Å². The van der Waals surface area contributed by atoms with E-state index in [1.165, 1.54) is 11.9 Å². The molecule has 2 N–H and O–H groups in total. The Morgan fingerprint density at radius 3 is 3.05 bits per heavy atom. The molecule has 2 aromatic rings. The van der Waals surface area contributed by atoms with Gasteiger partial charge in [-0.25, -0.2) is 9.89 Å². The molecule has 0 aliphatic carbocycles. The zero-order valence-electron chi connectivity index (χ0n) is 10.5. The van der Waals surface area contributed by atoms with Gasteiger partial charge in [-0.2, -0.15) is 10.1 Å². The Kier molecular flexibility index (Phi) is 3.14. The number of nitrogens with one attached hydrogen (secondary N) is 2. The SMILES string of the molecule is O=C(Nc1ncn[nH]1)N1CCCCc2ccccc21. The Morgan fingerprint density at radius 1 is 1.32 bits per heavy atom. The molecule has 6 nitrogen and oxygen atoms in total. The largest absolute Gasteiger partial charge is 0.328 e. The topological polar surface area (TPSA) is 73.9 Å². The maximum Gasteiger partial charge on any atom is 0.328 e. The van der Waals surface area contributed by atoms with Gasteiger partial charge in [-0.3, -0.25) is 10.2 Å². The number of carbonyl (C=O) groups is 1. The van der Waals surface area contributed by atoms with E-state index in [-0.39, 0.29) is 6.03 Å². The summed E-state index contributed by atoms with van der Waals surface area (Å²) < 4.78 is 0. The number of carbonyl (C=O) groups excluding carboxylic acids is 1. The number of urea groups is 1. The number of hydrogen-bond donors (Lipinski definition) is 2. The minimum Gasteiger partial charge on any atom is -0.294 e. The zero-order chi connectivity index (χ0) is 13.1. The number of para-hydroxylation sites is 1. The molecule has 2 amide bonds. The standard InChI is InChI=1S/C13H15N5O/c19-13(16-12-14-9-15-17-12)18-8-4-3-6-10-5-1-2-7-11(10)18/h1-2,5,7,9H,3-4,6,8H2,(H2,14,15,16,17,19). The van der Waals surface area contributed by atoms with Crippen LogP contribution in [0.5, 0.6) is 0 Å². The lowest BCUT2D eigenvalue weighted by atomic mass is 10.1. The lowest BCUT2D eigenvalue weighted by Crippen LogP contribution is -2.36. The van der Waals surface area contributed by atoms with Gasteiger partial charge in [0.15, 0.2) is 0 Å². The van der Waals surface area contributed by atoms with Crippen molar-refractivity contribution in [3.05, 3.63) is 36.2 Å². The van der Waals surface area contributed by atoms with E-state index in [9.17, 15) is 4.79 Å². The van der Waals surface area contributed by atoms with Gasteiger partial charge in [0.25, 0.3) is 0 Å². The number of nitrogens with zero attached hydrogens (tertiary/aromatic N) is 3. The molecule has 6 heteroatoms. The number of aryl methyl sites for hydroxylation is 1. The Labute approximate surface area is 110 Å². The Hall–Kier alpha value is -2.37. The number of fused-ring (bicyclic) bond motifs is 1. The highest BCUT2D eigenvalue weighted by molar-refractivity contribution is 6.01. The first-order valence-corrected chi connectivity index (χ1v) is 6.36. The van der Waals surface area contributed by atoms with Crippen molar-refractivity contribution in [1.29, 1.82) is 0 Å². The average Bonchev–Trinajstić information content (AvgIpc) is 2.83. The molecular weight excluding hydrogens is 242 g/mol. The highest BCUT2D eigenvalue weighted by Gasteiger charge is 2.21. The first-order chi connectivity index (χ1) is 9.34. The van der Waals surface area contributed by atoms with E-state index in [1.807, 2.05) is 18.2 Å². The Bertz CT molecular complexity index is 566. The quantitative estimate of drug-likeness (QED) is 0.822. The first-order valence-electron chi connectivity index (χ1n) is 6.36. The van der Waals surface area contributed by atoms with E-state index in [4.69, 9.17) is 0 Å². The minimum atomic E-state index is -0.175. The van der Waals surface area contributed by atoms with Crippen molar-refractivity contribution in [2.24, 2.45) is 0 Å². The van der Waals surface area contributed by atoms with Crippen LogP contribution in [0.3, 0.4) is 0 Å². The molecule has 1 aromatic heterocycles. The molecule has 0 bridgehead atoms. The number of aromatic amines is 1. The molecule has 1 aliphatic rings. The lowest BCUT2D eigenvalue weighted by Gasteiger charge is -2.22. The summed E-state index contributed by atoms with van der Waals surface area (Å²) in [5.74, 6) is 0.367. The van der Waals surface area contributed by atoms with Gasteiger partial charge < -0.3 is 0 Å². The first kappa shape index (κ1) is 11.7. The number of hydrogen-bond acceptors (Lipinski definition) is 3. The van der Waals surface area contributed by atoms with E-state index in [0.29, 0.717) is 5.95 Å². The van der Waals surface area contributed by atoms with Gasteiger partial charge in [0.05, 0.1) is 0 Å². The fraction of sp³-hybridized carbons (Fsp3) is 0.308. The Balaban J connectivity index is 1.85. The molecule has 0 saturated heterocycles. The molecule has 0 radical (unpaired) electrons.